The third-order valence-electron chi connectivity index (χ3n) is 3.66. The molecule has 1 amide bonds. The van der Waals surface area contributed by atoms with Crippen LogP contribution in [0.25, 0.3) is 10.2 Å². The predicted molar refractivity (Wildman–Crippen MR) is 86.7 cm³/mol. The molecule has 2 aromatic rings. The van der Waals surface area contributed by atoms with Gasteiger partial charge in [0, 0.05) is 6.54 Å². The standard InChI is InChI=1S/C15H16F3N3O3S/c16-15(17,18)7-23-8-1-3-10-12(5-8)25-14(20-10)21-13(22)11-4-2-9(6-19)24-11/h1,3,5,9,11H,2,4,6-7,19H2,(H,20,21,22)/t9-,11+/m1/s1. The number of hydrogen-bond acceptors (Lipinski definition) is 6. The highest BCUT2D eigenvalue weighted by Gasteiger charge is 2.30. The van der Waals surface area contributed by atoms with E-state index < -0.39 is 18.9 Å². The number of amides is 1. The lowest BCUT2D eigenvalue weighted by Gasteiger charge is -2.10. The maximum atomic E-state index is 12.2. The number of ether oxygens (including phenoxy) is 2. The van der Waals surface area contributed by atoms with Gasteiger partial charge in [-0.1, -0.05) is 11.3 Å². The van der Waals surface area contributed by atoms with Gasteiger partial charge < -0.3 is 15.2 Å². The highest BCUT2D eigenvalue weighted by atomic mass is 32.1. The molecule has 0 bridgehead atoms. The van der Waals surface area contributed by atoms with Crippen LogP contribution in [0.2, 0.25) is 0 Å². The number of nitrogens with one attached hydrogen (secondary N) is 1. The van der Waals surface area contributed by atoms with Crippen molar-refractivity contribution in [1.82, 2.24) is 4.98 Å². The van der Waals surface area contributed by atoms with E-state index in [0.717, 1.165) is 17.8 Å². The van der Waals surface area contributed by atoms with Crippen molar-refractivity contribution in [2.45, 2.75) is 31.2 Å². The van der Waals surface area contributed by atoms with Crippen molar-refractivity contribution in [2.75, 3.05) is 18.5 Å². The summed E-state index contributed by atoms with van der Waals surface area (Å²) in [6.07, 6.45) is -3.75. The summed E-state index contributed by atoms with van der Waals surface area (Å²) in [6, 6.07) is 4.42. The summed E-state index contributed by atoms with van der Waals surface area (Å²) in [5, 5.41) is 3.03. The van der Waals surface area contributed by atoms with Gasteiger partial charge in [-0.25, -0.2) is 4.98 Å². The zero-order valence-corrected chi connectivity index (χ0v) is 13.8. The van der Waals surface area contributed by atoms with E-state index in [1.807, 2.05) is 0 Å². The van der Waals surface area contributed by atoms with Crippen molar-refractivity contribution in [3.05, 3.63) is 18.2 Å². The van der Waals surface area contributed by atoms with Gasteiger partial charge in [-0.3, -0.25) is 10.1 Å². The number of fused-ring (bicyclic) bond motifs is 1. The van der Waals surface area contributed by atoms with Gasteiger partial charge in [0.2, 0.25) is 0 Å². The number of rotatable bonds is 5. The molecule has 1 aromatic heterocycles. The molecule has 10 heteroatoms. The third-order valence-corrected chi connectivity index (χ3v) is 4.59. The molecule has 136 valence electrons. The summed E-state index contributed by atoms with van der Waals surface area (Å²) in [5.41, 5.74) is 6.08. The van der Waals surface area contributed by atoms with Gasteiger partial charge in [-0.15, -0.1) is 0 Å². The molecule has 1 aliphatic rings. The molecular formula is C15H16F3N3O3S. The largest absolute Gasteiger partial charge is 0.484 e. The van der Waals surface area contributed by atoms with E-state index in [1.165, 1.54) is 12.1 Å². The van der Waals surface area contributed by atoms with Gasteiger partial charge >= 0.3 is 6.18 Å². The average molecular weight is 375 g/mol. The highest BCUT2D eigenvalue weighted by Crippen LogP contribution is 2.30. The Morgan fingerprint density at radius 1 is 1.44 bits per heavy atom. The summed E-state index contributed by atoms with van der Waals surface area (Å²) < 4.78 is 47.4. The molecule has 1 fully saturated rings. The Balaban J connectivity index is 1.66. The Hall–Kier alpha value is -1.91. The highest BCUT2D eigenvalue weighted by molar-refractivity contribution is 7.22. The van der Waals surface area contributed by atoms with Gasteiger partial charge in [0.1, 0.15) is 11.9 Å². The zero-order valence-electron chi connectivity index (χ0n) is 13.0. The third kappa shape index (κ3) is 4.59. The quantitative estimate of drug-likeness (QED) is 0.839. The Kier molecular flexibility index (Phi) is 5.11. The number of hydrogen-bond donors (Lipinski definition) is 2. The molecule has 2 atom stereocenters. The minimum Gasteiger partial charge on any atom is -0.484 e. The molecule has 1 aliphatic heterocycles. The van der Waals surface area contributed by atoms with Gasteiger partial charge in [-0.2, -0.15) is 13.2 Å². The van der Waals surface area contributed by atoms with E-state index >= 15 is 0 Å². The lowest BCUT2D eigenvalue weighted by Crippen LogP contribution is -2.29. The molecule has 1 saturated heterocycles. The van der Waals surface area contributed by atoms with Crippen molar-refractivity contribution in [2.24, 2.45) is 5.73 Å². The minimum absolute atomic E-state index is 0.0938. The number of alkyl halides is 3. The maximum absolute atomic E-state index is 12.2. The number of halogens is 3. The van der Waals surface area contributed by atoms with Crippen molar-refractivity contribution >= 4 is 32.6 Å². The molecule has 0 unspecified atom stereocenters. The van der Waals surface area contributed by atoms with Crippen LogP contribution in [0.1, 0.15) is 12.8 Å². The van der Waals surface area contributed by atoms with E-state index in [2.05, 4.69) is 10.3 Å². The van der Waals surface area contributed by atoms with E-state index in [1.54, 1.807) is 6.07 Å². The van der Waals surface area contributed by atoms with Crippen LogP contribution in [0.15, 0.2) is 18.2 Å². The molecule has 0 saturated carbocycles. The Bertz CT molecular complexity index is 765. The number of thiazole rings is 1. The topological polar surface area (TPSA) is 86.5 Å². The summed E-state index contributed by atoms with van der Waals surface area (Å²) in [4.78, 5) is 16.4. The number of benzene rings is 1. The molecule has 0 radical (unpaired) electrons. The Morgan fingerprint density at radius 2 is 2.24 bits per heavy atom. The summed E-state index contributed by atoms with van der Waals surface area (Å²) in [5.74, 6) is -0.209. The number of carbonyl (C=O) groups is 1. The molecule has 0 aliphatic carbocycles. The summed E-state index contributed by atoms with van der Waals surface area (Å²) >= 11 is 1.15. The fourth-order valence-electron chi connectivity index (χ4n) is 2.47. The SMILES string of the molecule is NC[C@H]1CC[C@@H](C(=O)Nc2nc3ccc(OCC(F)(F)F)cc3s2)O1. The van der Waals surface area contributed by atoms with E-state index in [0.29, 0.717) is 28.3 Å². The van der Waals surface area contributed by atoms with E-state index in [4.69, 9.17) is 15.2 Å². The normalized spacial score (nSPS) is 20.8. The number of nitrogens with two attached hydrogens (primary N) is 1. The maximum Gasteiger partial charge on any atom is 0.422 e. The molecule has 25 heavy (non-hydrogen) atoms. The van der Waals surface area contributed by atoms with E-state index in [-0.39, 0.29) is 17.8 Å². The van der Waals surface area contributed by atoms with Crippen LogP contribution in [0.3, 0.4) is 0 Å². The van der Waals surface area contributed by atoms with Crippen LogP contribution in [-0.4, -0.2) is 42.4 Å². The molecule has 1 aromatic carbocycles. The average Bonchev–Trinajstić information content (AvgIpc) is 3.17. The second kappa shape index (κ2) is 7.14. The molecule has 3 rings (SSSR count). The first kappa shape index (κ1) is 17.9. The fourth-order valence-corrected chi connectivity index (χ4v) is 3.37. The second-order valence-electron chi connectivity index (χ2n) is 5.60. The number of nitrogens with zero attached hydrogens (tertiary/aromatic N) is 1. The number of anilines is 1. The van der Waals surface area contributed by atoms with Gasteiger partial charge in [-0.05, 0) is 31.0 Å². The Labute approximate surface area is 145 Å². The summed E-state index contributed by atoms with van der Waals surface area (Å²) in [7, 11) is 0. The second-order valence-corrected chi connectivity index (χ2v) is 6.63. The van der Waals surface area contributed by atoms with Crippen LogP contribution >= 0.6 is 11.3 Å². The van der Waals surface area contributed by atoms with Crippen LogP contribution in [-0.2, 0) is 9.53 Å². The van der Waals surface area contributed by atoms with Crippen LogP contribution in [0.5, 0.6) is 5.75 Å². The fraction of sp³-hybridized carbons (Fsp3) is 0.467. The number of aromatic nitrogens is 1. The first-order valence-corrected chi connectivity index (χ1v) is 8.42. The predicted octanol–water partition coefficient (Wildman–Crippen LogP) is 2.68. The van der Waals surface area contributed by atoms with Crippen LogP contribution in [0.4, 0.5) is 18.3 Å². The molecule has 6 nitrogen and oxygen atoms in total. The lowest BCUT2D eigenvalue weighted by molar-refractivity contribution is -0.153. The Morgan fingerprint density at radius 3 is 2.92 bits per heavy atom. The first-order chi connectivity index (χ1) is 11.8. The van der Waals surface area contributed by atoms with Crippen molar-refractivity contribution in [3.8, 4) is 5.75 Å². The summed E-state index contributed by atoms with van der Waals surface area (Å²) in [6.45, 7) is -0.992. The van der Waals surface area contributed by atoms with Gasteiger partial charge in [0.15, 0.2) is 11.7 Å². The lowest BCUT2D eigenvalue weighted by atomic mass is 10.2. The minimum atomic E-state index is -4.40. The number of carbonyl (C=O) groups excluding carboxylic acids is 1. The zero-order chi connectivity index (χ0) is 18.0. The molecule has 0 spiro atoms. The van der Waals surface area contributed by atoms with Crippen molar-refractivity contribution in [1.29, 1.82) is 0 Å². The molecule has 3 N–H and O–H groups in total. The van der Waals surface area contributed by atoms with E-state index in [9.17, 15) is 18.0 Å². The first-order valence-electron chi connectivity index (χ1n) is 7.60. The van der Waals surface area contributed by atoms with Crippen LogP contribution < -0.4 is 15.8 Å². The monoisotopic (exact) mass is 375 g/mol. The smallest absolute Gasteiger partial charge is 0.422 e. The molecule has 2 heterocycles. The van der Waals surface area contributed by atoms with Gasteiger partial charge in [0.05, 0.1) is 16.3 Å². The van der Waals surface area contributed by atoms with Crippen molar-refractivity contribution < 1.29 is 27.4 Å². The molecular weight excluding hydrogens is 359 g/mol. The van der Waals surface area contributed by atoms with Crippen LogP contribution in [0, 0.1) is 0 Å². The van der Waals surface area contributed by atoms with Gasteiger partial charge in [0.25, 0.3) is 5.91 Å². The van der Waals surface area contributed by atoms with Crippen molar-refractivity contribution in [3.63, 3.8) is 0 Å².